The van der Waals surface area contributed by atoms with Gasteiger partial charge in [-0.15, -0.1) is 5.10 Å². The number of carbonyl (C=O) groups excluding carboxylic acids is 1. The maximum absolute atomic E-state index is 12.5. The molecule has 7 heteroatoms. The summed E-state index contributed by atoms with van der Waals surface area (Å²) in [6.45, 7) is 6.47. The molecule has 1 aromatic heterocycles. The lowest BCUT2D eigenvalue weighted by Crippen LogP contribution is -2.43. The number of carbonyl (C=O) groups is 1. The predicted octanol–water partition coefficient (Wildman–Crippen LogP) is 2.22. The Morgan fingerprint density at radius 3 is 2.60 bits per heavy atom. The Balaban J connectivity index is 1.64. The third-order valence-corrected chi connectivity index (χ3v) is 5.41. The Labute approximate surface area is 151 Å². The lowest BCUT2D eigenvalue weighted by Gasteiger charge is -2.34. The molecule has 134 valence electrons. The van der Waals surface area contributed by atoms with Crippen molar-refractivity contribution in [3.05, 3.63) is 46.4 Å². The standard InChI is InChI=1S/C18H24N4O2S/c1-13-8-14(2)10-21(9-13)16(23)12-25-18-20-19-17(24)22(18)11-15-6-4-3-5-7-15/h3-7,13-14H,8-12H2,1-2H3,(H,19,24). The van der Waals surface area contributed by atoms with Crippen molar-refractivity contribution in [1.82, 2.24) is 19.7 Å². The molecule has 2 atom stereocenters. The molecule has 0 aliphatic carbocycles. The first-order chi connectivity index (χ1) is 12.0. The van der Waals surface area contributed by atoms with Crippen LogP contribution in [0, 0.1) is 11.8 Å². The predicted molar refractivity (Wildman–Crippen MR) is 98.6 cm³/mol. The van der Waals surface area contributed by atoms with Gasteiger partial charge in [0.15, 0.2) is 5.16 Å². The fraction of sp³-hybridized carbons (Fsp3) is 0.500. The van der Waals surface area contributed by atoms with Gasteiger partial charge in [-0.05, 0) is 23.8 Å². The molecule has 1 fully saturated rings. The lowest BCUT2D eigenvalue weighted by atomic mass is 9.92. The molecule has 0 radical (unpaired) electrons. The van der Waals surface area contributed by atoms with Crippen molar-refractivity contribution >= 4 is 17.7 Å². The van der Waals surface area contributed by atoms with Gasteiger partial charge in [0.1, 0.15) is 0 Å². The minimum absolute atomic E-state index is 0.116. The van der Waals surface area contributed by atoms with E-state index in [1.807, 2.05) is 35.2 Å². The van der Waals surface area contributed by atoms with E-state index in [0.717, 1.165) is 18.7 Å². The van der Waals surface area contributed by atoms with E-state index in [1.54, 1.807) is 4.57 Å². The van der Waals surface area contributed by atoms with E-state index in [1.165, 1.54) is 18.2 Å². The van der Waals surface area contributed by atoms with Gasteiger partial charge in [0.25, 0.3) is 0 Å². The number of nitrogens with zero attached hydrogens (tertiary/aromatic N) is 3. The SMILES string of the molecule is CC1CC(C)CN(C(=O)CSc2n[nH]c(=O)n2Cc2ccccc2)C1. The van der Waals surface area contributed by atoms with Gasteiger partial charge in [-0.25, -0.2) is 9.89 Å². The highest BCUT2D eigenvalue weighted by atomic mass is 32.2. The van der Waals surface area contributed by atoms with Gasteiger partial charge >= 0.3 is 5.69 Å². The molecular weight excluding hydrogens is 336 g/mol. The van der Waals surface area contributed by atoms with Crippen LogP contribution in [0.4, 0.5) is 0 Å². The summed E-state index contributed by atoms with van der Waals surface area (Å²) in [6.07, 6.45) is 1.17. The molecule has 25 heavy (non-hydrogen) atoms. The fourth-order valence-corrected chi connectivity index (χ4v) is 4.25. The van der Waals surface area contributed by atoms with E-state index in [0.29, 0.717) is 29.3 Å². The zero-order valence-corrected chi connectivity index (χ0v) is 15.5. The number of nitrogens with one attached hydrogen (secondary N) is 1. The molecule has 0 spiro atoms. The minimum Gasteiger partial charge on any atom is -0.341 e. The molecule has 0 saturated carbocycles. The highest BCUT2D eigenvalue weighted by Gasteiger charge is 2.25. The largest absolute Gasteiger partial charge is 0.344 e. The monoisotopic (exact) mass is 360 g/mol. The molecule has 1 aromatic carbocycles. The van der Waals surface area contributed by atoms with Crippen LogP contribution in [-0.2, 0) is 11.3 Å². The van der Waals surface area contributed by atoms with Crippen molar-refractivity contribution in [2.24, 2.45) is 11.8 Å². The first kappa shape index (κ1) is 17.8. The summed E-state index contributed by atoms with van der Waals surface area (Å²) in [5.41, 5.74) is 0.775. The highest BCUT2D eigenvalue weighted by Crippen LogP contribution is 2.22. The number of amides is 1. The summed E-state index contributed by atoms with van der Waals surface area (Å²) in [5.74, 6) is 1.50. The molecule has 3 rings (SSSR count). The molecule has 1 N–H and O–H groups in total. The summed E-state index contributed by atoms with van der Waals surface area (Å²) in [4.78, 5) is 26.5. The molecule has 1 amide bonds. The third-order valence-electron chi connectivity index (χ3n) is 4.45. The number of H-pyrrole nitrogens is 1. The van der Waals surface area contributed by atoms with E-state index >= 15 is 0 Å². The normalized spacial score (nSPS) is 20.6. The van der Waals surface area contributed by atoms with Crippen LogP contribution in [0.15, 0.2) is 40.3 Å². The molecule has 1 saturated heterocycles. The number of hydrogen-bond donors (Lipinski definition) is 1. The number of piperidine rings is 1. The van der Waals surface area contributed by atoms with Crippen LogP contribution in [0.5, 0.6) is 0 Å². The first-order valence-corrected chi connectivity index (χ1v) is 9.61. The van der Waals surface area contributed by atoms with Crippen molar-refractivity contribution in [3.8, 4) is 0 Å². The maximum Gasteiger partial charge on any atom is 0.344 e. The summed E-state index contributed by atoms with van der Waals surface area (Å²) < 4.78 is 1.58. The lowest BCUT2D eigenvalue weighted by molar-refractivity contribution is -0.130. The Morgan fingerprint density at radius 1 is 1.24 bits per heavy atom. The van der Waals surface area contributed by atoms with E-state index in [2.05, 4.69) is 24.0 Å². The molecular formula is C18H24N4O2S. The van der Waals surface area contributed by atoms with Crippen molar-refractivity contribution in [3.63, 3.8) is 0 Å². The van der Waals surface area contributed by atoms with E-state index in [4.69, 9.17) is 0 Å². The van der Waals surface area contributed by atoms with Crippen molar-refractivity contribution in [2.75, 3.05) is 18.8 Å². The van der Waals surface area contributed by atoms with Crippen molar-refractivity contribution < 1.29 is 4.79 Å². The Morgan fingerprint density at radius 2 is 1.92 bits per heavy atom. The number of benzene rings is 1. The summed E-state index contributed by atoms with van der Waals surface area (Å²) in [7, 11) is 0. The topological polar surface area (TPSA) is 71.0 Å². The van der Waals surface area contributed by atoms with Crippen LogP contribution in [-0.4, -0.2) is 44.4 Å². The van der Waals surface area contributed by atoms with Gasteiger partial charge < -0.3 is 4.90 Å². The fourth-order valence-electron chi connectivity index (χ4n) is 3.40. The second-order valence-electron chi connectivity index (χ2n) is 6.92. The number of aromatic amines is 1. The Bertz CT molecular complexity index is 761. The van der Waals surface area contributed by atoms with Crippen molar-refractivity contribution in [2.45, 2.75) is 32.0 Å². The smallest absolute Gasteiger partial charge is 0.341 e. The van der Waals surface area contributed by atoms with Crippen LogP contribution in [0.2, 0.25) is 0 Å². The van der Waals surface area contributed by atoms with Crippen molar-refractivity contribution in [1.29, 1.82) is 0 Å². The van der Waals surface area contributed by atoms with Gasteiger partial charge in [-0.2, -0.15) is 0 Å². The Hall–Kier alpha value is -2.02. The van der Waals surface area contributed by atoms with Gasteiger partial charge in [0.2, 0.25) is 5.91 Å². The number of thioether (sulfide) groups is 1. The summed E-state index contributed by atoms with van der Waals surface area (Å²) in [6, 6.07) is 9.76. The van der Waals surface area contributed by atoms with E-state index in [9.17, 15) is 9.59 Å². The second-order valence-corrected chi connectivity index (χ2v) is 7.86. The summed E-state index contributed by atoms with van der Waals surface area (Å²) in [5, 5.41) is 7.12. The maximum atomic E-state index is 12.5. The minimum atomic E-state index is -0.251. The van der Waals surface area contributed by atoms with Gasteiger partial charge in [-0.1, -0.05) is 55.9 Å². The molecule has 0 bridgehead atoms. The van der Waals surface area contributed by atoms with E-state index in [-0.39, 0.29) is 11.6 Å². The molecule has 2 heterocycles. The van der Waals surface area contributed by atoms with Crippen LogP contribution in [0.3, 0.4) is 0 Å². The van der Waals surface area contributed by atoms with Crippen LogP contribution >= 0.6 is 11.8 Å². The van der Waals surface area contributed by atoms with Crippen LogP contribution in [0.1, 0.15) is 25.8 Å². The average molecular weight is 360 g/mol. The number of aromatic nitrogens is 3. The number of likely N-dealkylation sites (tertiary alicyclic amines) is 1. The molecule has 2 aromatic rings. The molecule has 2 unspecified atom stereocenters. The molecule has 1 aliphatic rings. The van der Waals surface area contributed by atoms with Crippen LogP contribution in [0.25, 0.3) is 0 Å². The average Bonchev–Trinajstić information content (AvgIpc) is 2.93. The third kappa shape index (κ3) is 4.54. The zero-order valence-electron chi connectivity index (χ0n) is 14.6. The summed E-state index contributed by atoms with van der Waals surface area (Å²) >= 11 is 1.32. The molecule has 1 aliphatic heterocycles. The quantitative estimate of drug-likeness (QED) is 0.830. The van der Waals surface area contributed by atoms with E-state index < -0.39 is 0 Å². The zero-order chi connectivity index (χ0) is 17.8. The molecule has 6 nitrogen and oxygen atoms in total. The number of hydrogen-bond acceptors (Lipinski definition) is 4. The van der Waals surface area contributed by atoms with Crippen LogP contribution < -0.4 is 5.69 Å². The first-order valence-electron chi connectivity index (χ1n) is 8.62. The Kier molecular flexibility index (Phi) is 5.63. The van der Waals surface area contributed by atoms with Gasteiger partial charge in [0.05, 0.1) is 12.3 Å². The van der Waals surface area contributed by atoms with Gasteiger partial charge in [-0.3, -0.25) is 9.36 Å². The van der Waals surface area contributed by atoms with Gasteiger partial charge in [0, 0.05) is 13.1 Å². The number of rotatable bonds is 5. The highest BCUT2D eigenvalue weighted by molar-refractivity contribution is 7.99. The second kappa shape index (κ2) is 7.91.